The molecule has 0 saturated carbocycles. The summed E-state index contributed by atoms with van der Waals surface area (Å²) < 4.78 is 0. The molecule has 0 aromatic carbocycles. The largest absolute Gasteiger partial charge is 0.313 e. The molecule has 2 heterocycles. The molecule has 1 atom stereocenters. The van der Waals surface area contributed by atoms with E-state index in [2.05, 4.69) is 22.4 Å². The summed E-state index contributed by atoms with van der Waals surface area (Å²) in [4.78, 5) is 5.44. The van der Waals surface area contributed by atoms with Gasteiger partial charge in [0.1, 0.15) is 0 Å². The van der Waals surface area contributed by atoms with E-state index >= 15 is 0 Å². The first-order chi connectivity index (χ1) is 8.20. The second-order valence-electron chi connectivity index (χ2n) is 3.97. The first kappa shape index (κ1) is 12.6. The highest BCUT2D eigenvalue weighted by molar-refractivity contribution is 7.10. The van der Waals surface area contributed by atoms with Crippen molar-refractivity contribution in [3.05, 3.63) is 50.9 Å². The lowest BCUT2D eigenvalue weighted by atomic mass is 10.0. The van der Waals surface area contributed by atoms with Crippen LogP contribution in [0.1, 0.15) is 22.2 Å². The Hall–Kier alpha value is -0.900. The normalized spacial score (nSPS) is 12.6. The van der Waals surface area contributed by atoms with Crippen LogP contribution in [-0.4, -0.2) is 12.0 Å². The van der Waals surface area contributed by atoms with Crippen molar-refractivity contribution in [2.75, 3.05) is 7.05 Å². The molecule has 0 aliphatic heterocycles. The minimum absolute atomic E-state index is 0.285. The lowest BCUT2D eigenvalue weighted by molar-refractivity contribution is 0.595. The zero-order chi connectivity index (χ0) is 12.3. The van der Waals surface area contributed by atoms with Gasteiger partial charge in [-0.15, -0.1) is 11.3 Å². The number of halogens is 1. The standard InChI is InChI=1S/C13H15ClN2S/c1-9-7-10(3-5-16-9)12(15-2)8-13-11(14)4-6-17-13/h3-7,12,15H,8H2,1-2H3. The summed E-state index contributed by atoms with van der Waals surface area (Å²) in [6.45, 7) is 2.01. The maximum atomic E-state index is 6.13. The highest BCUT2D eigenvalue weighted by Gasteiger charge is 2.13. The van der Waals surface area contributed by atoms with E-state index in [0.29, 0.717) is 0 Å². The van der Waals surface area contributed by atoms with Gasteiger partial charge in [0.2, 0.25) is 0 Å². The Morgan fingerprint density at radius 3 is 2.88 bits per heavy atom. The third-order valence-electron chi connectivity index (χ3n) is 2.75. The number of nitrogens with zero attached hydrogens (tertiary/aromatic N) is 1. The van der Waals surface area contributed by atoms with E-state index in [-0.39, 0.29) is 6.04 Å². The zero-order valence-corrected chi connectivity index (χ0v) is 11.5. The van der Waals surface area contributed by atoms with Gasteiger partial charge in [0.15, 0.2) is 0 Å². The summed E-state index contributed by atoms with van der Waals surface area (Å²) in [7, 11) is 1.97. The highest BCUT2D eigenvalue weighted by atomic mass is 35.5. The van der Waals surface area contributed by atoms with Crippen LogP contribution in [0.4, 0.5) is 0 Å². The first-order valence-corrected chi connectivity index (χ1v) is 6.78. The number of likely N-dealkylation sites (N-methyl/N-ethyl adjacent to an activating group) is 1. The lowest BCUT2D eigenvalue weighted by Gasteiger charge is -2.16. The molecule has 1 unspecified atom stereocenters. The maximum Gasteiger partial charge on any atom is 0.0545 e. The molecule has 2 nitrogen and oxygen atoms in total. The summed E-state index contributed by atoms with van der Waals surface area (Å²) in [5.74, 6) is 0. The Labute approximate surface area is 111 Å². The molecule has 0 spiro atoms. The highest BCUT2D eigenvalue weighted by Crippen LogP contribution is 2.27. The van der Waals surface area contributed by atoms with Gasteiger partial charge in [-0.2, -0.15) is 0 Å². The average Bonchev–Trinajstić information content (AvgIpc) is 2.71. The van der Waals surface area contributed by atoms with Crippen molar-refractivity contribution in [2.45, 2.75) is 19.4 Å². The van der Waals surface area contributed by atoms with Gasteiger partial charge >= 0.3 is 0 Å². The molecule has 4 heteroatoms. The summed E-state index contributed by atoms with van der Waals surface area (Å²) >= 11 is 7.83. The molecule has 0 fully saturated rings. The number of aryl methyl sites for hydroxylation is 1. The van der Waals surface area contributed by atoms with E-state index in [1.165, 1.54) is 10.4 Å². The van der Waals surface area contributed by atoms with E-state index in [9.17, 15) is 0 Å². The molecule has 0 saturated heterocycles. The fraction of sp³-hybridized carbons (Fsp3) is 0.308. The lowest BCUT2D eigenvalue weighted by Crippen LogP contribution is -2.18. The molecule has 0 aliphatic carbocycles. The van der Waals surface area contributed by atoms with E-state index in [4.69, 9.17) is 11.6 Å². The van der Waals surface area contributed by atoms with Gasteiger partial charge in [0.25, 0.3) is 0 Å². The van der Waals surface area contributed by atoms with Crippen LogP contribution in [-0.2, 0) is 6.42 Å². The molecule has 2 rings (SSSR count). The van der Waals surface area contributed by atoms with Crippen molar-refractivity contribution < 1.29 is 0 Å². The zero-order valence-electron chi connectivity index (χ0n) is 9.90. The van der Waals surface area contributed by atoms with Crippen LogP contribution < -0.4 is 5.32 Å². The second kappa shape index (κ2) is 5.63. The van der Waals surface area contributed by atoms with E-state index in [1.54, 1.807) is 11.3 Å². The van der Waals surface area contributed by atoms with Crippen molar-refractivity contribution >= 4 is 22.9 Å². The van der Waals surface area contributed by atoms with Gasteiger partial charge in [0.05, 0.1) is 5.02 Å². The van der Waals surface area contributed by atoms with Gasteiger partial charge in [-0.25, -0.2) is 0 Å². The average molecular weight is 267 g/mol. The van der Waals surface area contributed by atoms with Gasteiger partial charge in [-0.05, 0) is 43.1 Å². The molecule has 17 heavy (non-hydrogen) atoms. The third-order valence-corrected chi connectivity index (χ3v) is 4.16. The number of hydrogen-bond acceptors (Lipinski definition) is 3. The first-order valence-electron chi connectivity index (χ1n) is 5.52. The van der Waals surface area contributed by atoms with E-state index < -0.39 is 0 Å². The van der Waals surface area contributed by atoms with Gasteiger partial charge in [-0.3, -0.25) is 4.98 Å². The number of pyridine rings is 1. The minimum Gasteiger partial charge on any atom is -0.313 e. The number of nitrogens with one attached hydrogen (secondary N) is 1. The van der Waals surface area contributed by atoms with Crippen molar-refractivity contribution in [1.29, 1.82) is 0 Å². The van der Waals surface area contributed by atoms with Crippen LogP contribution in [0.15, 0.2) is 29.8 Å². The van der Waals surface area contributed by atoms with E-state index in [0.717, 1.165) is 17.1 Å². The molecule has 2 aromatic rings. The molecule has 0 bridgehead atoms. The van der Waals surface area contributed by atoms with Crippen LogP contribution >= 0.6 is 22.9 Å². The molecule has 2 aromatic heterocycles. The van der Waals surface area contributed by atoms with Crippen molar-refractivity contribution in [3.8, 4) is 0 Å². The molecule has 90 valence electrons. The number of thiophene rings is 1. The molecule has 0 radical (unpaired) electrons. The van der Waals surface area contributed by atoms with Gasteiger partial charge in [-0.1, -0.05) is 11.6 Å². The van der Waals surface area contributed by atoms with Crippen LogP contribution in [0.25, 0.3) is 0 Å². The predicted octanol–water partition coefficient (Wildman–Crippen LogP) is 3.61. The minimum atomic E-state index is 0.285. The maximum absolute atomic E-state index is 6.13. The van der Waals surface area contributed by atoms with Crippen LogP contribution in [0.3, 0.4) is 0 Å². The van der Waals surface area contributed by atoms with Crippen molar-refractivity contribution in [3.63, 3.8) is 0 Å². The summed E-state index contributed by atoms with van der Waals surface area (Å²) in [6.07, 6.45) is 2.77. The Bertz CT molecular complexity index is 496. The monoisotopic (exact) mass is 266 g/mol. The summed E-state index contributed by atoms with van der Waals surface area (Å²) in [6, 6.07) is 6.40. The van der Waals surface area contributed by atoms with Crippen LogP contribution in [0.5, 0.6) is 0 Å². The molecular weight excluding hydrogens is 252 g/mol. The SMILES string of the molecule is CNC(Cc1sccc1Cl)c1ccnc(C)c1. The van der Waals surface area contributed by atoms with Gasteiger partial charge in [0, 0.05) is 29.2 Å². The number of rotatable bonds is 4. The van der Waals surface area contributed by atoms with Crippen LogP contribution in [0, 0.1) is 6.92 Å². The Morgan fingerprint density at radius 1 is 1.47 bits per heavy atom. The van der Waals surface area contributed by atoms with Crippen molar-refractivity contribution in [2.24, 2.45) is 0 Å². The number of hydrogen-bond donors (Lipinski definition) is 1. The topological polar surface area (TPSA) is 24.9 Å². The predicted molar refractivity (Wildman–Crippen MR) is 73.8 cm³/mol. The second-order valence-corrected chi connectivity index (χ2v) is 5.38. The molecular formula is C13H15ClN2S. The van der Waals surface area contributed by atoms with Crippen LogP contribution in [0.2, 0.25) is 5.02 Å². The van der Waals surface area contributed by atoms with E-state index in [1.807, 2.05) is 31.6 Å². The molecule has 0 aliphatic rings. The summed E-state index contributed by atoms with van der Waals surface area (Å²) in [5, 5.41) is 6.22. The van der Waals surface area contributed by atoms with Gasteiger partial charge < -0.3 is 5.32 Å². The Balaban J connectivity index is 2.20. The molecule has 0 amide bonds. The smallest absolute Gasteiger partial charge is 0.0545 e. The fourth-order valence-corrected chi connectivity index (χ4v) is 2.99. The summed E-state index contributed by atoms with van der Waals surface area (Å²) in [5.41, 5.74) is 2.30. The Morgan fingerprint density at radius 2 is 2.29 bits per heavy atom. The quantitative estimate of drug-likeness (QED) is 0.915. The fourth-order valence-electron chi connectivity index (χ4n) is 1.83. The number of aromatic nitrogens is 1. The Kier molecular flexibility index (Phi) is 4.15. The third kappa shape index (κ3) is 3.06. The molecule has 1 N–H and O–H groups in total. The van der Waals surface area contributed by atoms with Crippen molar-refractivity contribution in [1.82, 2.24) is 10.3 Å².